The smallest absolute Gasteiger partial charge is 0.140 e. The third kappa shape index (κ3) is 2.85. The quantitative estimate of drug-likeness (QED) is 0.432. The van der Waals surface area contributed by atoms with Gasteiger partial charge in [0.1, 0.15) is 11.2 Å². The molecule has 3 heteroatoms. The molecule has 3 nitrogen and oxygen atoms in total. The molecule has 6 rings (SSSR count). The van der Waals surface area contributed by atoms with Crippen LogP contribution in [0.2, 0.25) is 0 Å². The molecule has 29 heavy (non-hydrogen) atoms. The minimum atomic E-state index is -0.338. The van der Waals surface area contributed by atoms with Crippen LogP contribution in [0.4, 0.5) is 0 Å². The number of benzene rings is 4. The van der Waals surface area contributed by atoms with Gasteiger partial charge in [-0.25, -0.2) is 0 Å². The van der Waals surface area contributed by atoms with Gasteiger partial charge in [-0.3, -0.25) is 0 Å². The molecule has 2 atom stereocenters. The van der Waals surface area contributed by atoms with Crippen molar-refractivity contribution in [1.29, 1.82) is 0 Å². The maximum absolute atomic E-state index is 6.24. The summed E-state index contributed by atoms with van der Waals surface area (Å²) in [5.41, 5.74) is 1.75. The van der Waals surface area contributed by atoms with Crippen LogP contribution in [0.1, 0.15) is 11.1 Å². The molecule has 0 amide bonds. The largest absolute Gasteiger partial charge is 0.375 e. The number of rotatable bonds is 6. The Bertz CT molecular complexity index is 1100. The summed E-state index contributed by atoms with van der Waals surface area (Å²) >= 11 is 0. The molecule has 0 aliphatic carbocycles. The molecule has 144 valence electrons. The summed E-state index contributed by atoms with van der Waals surface area (Å²) in [6.07, 6.45) is 0. The van der Waals surface area contributed by atoms with E-state index in [1.54, 1.807) is 0 Å². The highest BCUT2D eigenvalue weighted by Gasteiger charge is 2.51. The van der Waals surface area contributed by atoms with Gasteiger partial charge < -0.3 is 14.2 Å². The lowest BCUT2D eigenvalue weighted by molar-refractivity contribution is 0.0411. The van der Waals surface area contributed by atoms with Gasteiger partial charge in [0.25, 0.3) is 0 Å². The Morgan fingerprint density at radius 3 is 1.45 bits per heavy atom. The summed E-state index contributed by atoms with van der Waals surface area (Å²) in [5, 5.41) is 4.94. The van der Waals surface area contributed by atoms with Gasteiger partial charge in [-0.2, -0.15) is 0 Å². The first-order chi connectivity index (χ1) is 14.3. The van der Waals surface area contributed by atoms with E-state index >= 15 is 0 Å². The van der Waals surface area contributed by atoms with Crippen LogP contribution in [-0.4, -0.2) is 26.4 Å². The van der Waals surface area contributed by atoms with Crippen LogP contribution >= 0.6 is 0 Å². The Morgan fingerprint density at radius 2 is 1.00 bits per heavy atom. The van der Waals surface area contributed by atoms with E-state index in [0.717, 1.165) is 0 Å². The molecule has 4 aromatic rings. The highest BCUT2D eigenvalue weighted by atomic mass is 16.6. The fourth-order valence-corrected chi connectivity index (χ4v) is 4.43. The van der Waals surface area contributed by atoms with E-state index in [1.807, 2.05) is 0 Å². The van der Waals surface area contributed by atoms with E-state index < -0.39 is 0 Å². The Kier molecular flexibility index (Phi) is 3.78. The van der Waals surface area contributed by atoms with Crippen molar-refractivity contribution in [1.82, 2.24) is 0 Å². The average molecular weight is 382 g/mol. The monoisotopic (exact) mass is 382 g/mol. The highest BCUT2D eigenvalue weighted by molar-refractivity contribution is 5.87. The molecule has 0 radical (unpaired) electrons. The molecule has 2 heterocycles. The highest BCUT2D eigenvalue weighted by Crippen LogP contribution is 2.45. The van der Waals surface area contributed by atoms with Gasteiger partial charge in [0.15, 0.2) is 0 Å². The van der Waals surface area contributed by atoms with E-state index in [-0.39, 0.29) is 11.2 Å². The van der Waals surface area contributed by atoms with Crippen LogP contribution < -0.4 is 0 Å². The van der Waals surface area contributed by atoms with Crippen LogP contribution in [0.15, 0.2) is 84.9 Å². The average Bonchev–Trinajstić information content (AvgIpc) is 3.70. The third-order valence-corrected chi connectivity index (χ3v) is 6.22. The predicted molar refractivity (Wildman–Crippen MR) is 114 cm³/mol. The van der Waals surface area contributed by atoms with E-state index in [0.29, 0.717) is 26.4 Å². The fourth-order valence-electron chi connectivity index (χ4n) is 4.43. The van der Waals surface area contributed by atoms with Crippen LogP contribution in [0.3, 0.4) is 0 Å². The summed E-state index contributed by atoms with van der Waals surface area (Å²) in [6, 6.07) is 29.7. The third-order valence-electron chi connectivity index (χ3n) is 6.22. The Morgan fingerprint density at radius 1 is 0.586 bits per heavy atom. The zero-order valence-electron chi connectivity index (χ0n) is 16.1. The number of fused-ring (bicyclic) bond motifs is 2. The molecule has 2 unspecified atom stereocenters. The van der Waals surface area contributed by atoms with Crippen LogP contribution in [-0.2, 0) is 25.4 Å². The number of hydrogen-bond donors (Lipinski definition) is 0. The van der Waals surface area contributed by atoms with E-state index in [9.17, 15) is 0 Å². The molecular weight excluding hydrogens is 360 g/mol. The van der Waals surface area contributed by atoms with Gasteiger partial charge in [0.2, 0.25) is 0 Å². The van der Waals surface area contributed by atoms with E-state index in [4.69, 9.17) is 14.2 Å². The second kappa shape index (κ2) is 6.39. The summed E-state index contributed by atoms with van der Waals surface area (Å²) in [7, 11) is 0. The van der Waals surface area contributed by atoms with E-state index in [1.165, 1.54) is 32.7 Å². The van der Waals surface area contributed by atoms with Gasteiger partial charge in [-0.1, -0.05) is 84.9 Å². The van der Waals surface area contributed by atoms with Crippen LogP contribution in [0, 0.1) is 0 Å². The first kappa shape index (κ1) is 17.2. The summed E-state index contributed by atoms with van der Waals surface area (Å²) in [4.78, 5) is 0. The molecule has 2 aliphatic rings. The van der Waals surface area contributed by atoms with Crippen LogP contribution in [0.25, 0.3) is 21.5 Å². The van der Waals surface area contributed by atoms with Crippen molar-refractivity contribution in [3.63, 3.8) is 0 Å². The second-order valence-electron chi connectivity index (χ2n) is 8.11. The van der Waals surface area contributed by atoms with Crippen molar-refractivity contribution in [2.24, 2.45) is 0 Å². The second-order valence-corrected chi connectivity index (χ2v) is 8.11. The maximum Gasteiger partial charge on any atom is 0.140 e. The van der Waals surface area contributed by atoms with Crippen molar-refractivity contribution < 1.29 is 14.2 Å². The summed E-state index contributed by atoms with van der Waals surface area (Å²) in [6.45, 7) is 2.47. The zero-order chi connectivity index (χ0) is 19.3. The zero-order valence-corrected chi connectivity index (χ0v) is 16.1. The number of hydrogen-bond acceptors (Lipinski definition) is 3. The molecule has 0 bridgehead atoms. The lowest BCUT2D eigenvalue weighted by atomic mass is 9.93. The van der Waals surface area contributed by atoms with Crippen molar-refractivity contribution in [3.8, 4) is 0 Å². The lowest BCUT2D eigenvalue weighted by Crippen LogP contribution is -2.24. The number of epoxide rings is 2. The van der Waals surface area contributed by atoms with Gasteiger partial charge in [0, 0.05) is 0 Å². The molecule has 0 aromatic heterocycles. The predicted octanol–water partition coefficient (Wildman–Crippen LogP) is 5.16. The van der Waals surface area contributed by atoms with Gasteiger partial charge in [-0.15, -0.1) is 0 Å². The first-order valence-electron chi connectivity index (χ1n) is 10.1. The van der Waals surface area contributed by atoms with Gasteiger partial charge >= 0.3 is 0 Å². The van der Waals surface area contributed by atoms with Crippen LogP contribution in [0.5, 0.6) is 0 Å². The topological polar surface area (TPSA) is 34.3 Å². The van der Waals surface area contributed by atoms with Crippen molar-refractivity contribution in [2.75, 3.05) is 26.4 Å². The lowest BCUT2D eigenvalue weighted by Gasteiger charge is -2.19. The van der Waals surface area contributed by atoms with E-state index in [2.05, 4.69) is 84.9 Å². The standard InChI is InChI=1S/C26H22O3/c1-3-11-21-19(7-1)9-5-13-23(21)25(17-28-25)15-27-16-26(18-29-26)24-14-6-10-20-8-2-4-12-22(20)24/h1-14H,15-18H2. The van der Waals surface area contributed by atoms with Gasteiger partial charge in [-0.05, 0) is 32.7 Å². The Labute approximate surface area is 169 Å². The normalized spacial score (nSPS) is 25.4. The minimum Gasteiger partial charge on any atom is -0.375 e. The first-order valence-corrected chi connectivity index (χ1v) is 10.1. The molecule has 2 aliphatic heterocycles. The molecule has 0 spiro atoms. The SMILES string of the molecule is c1ccc2c(C3(COCC4(c5cccc6ccccc56)CO4)CO3)cccc2c1. The molecule has 0 saturated carbocycles. The van der Waals surface area contributed by atoms with Crippen molar-refractivity contribution in [3.05, 3.63) is 96.1 Å². The summed E-state index contributed by atoms with van der Waals surface area (Å²) in [5.74, 6) is 0. The molecule has 0 N–H and O–H groups in total. The Balaban J connectivity index is 1.24. The maximum atomic E-state index is 6.24. The molecular formula is C26H22O3. The van der Waals surface area contributed by atoms with Crippen molar-refractivity contribution in [2.45, 2.75) is 11.2 Å². The fraction of sp³-hybridized carbons (Fsp3) is 0.231. The Hall–Kier alpha value is -2.72. The molecule has 4 aromatic carbocycles. The number of ether oxygens (including phenoxy) is 3. The summed E-state index contributed by atoms with van der Waals surface area (Å²) < 4.78 is 18.1. The van der Waals surface area contributed by atoms with Gasteiger partial charge in [0.05, 0.1) is 26.4 Å². The molecule has 2 saturated heterocycles. The van der Waals surface area contributed by atoms with Crippen molar-refractivity contribution >= 4 is 21.5 Å². The minimum absolute atomic E-state index is 0.338. The molecule has 2 fully saturated rings.